The summed E-state index contributed by atoms with van der Waals surface area (Å²) in [6.45, 7) is 3.21. The molecule has 5 heteroatoms. The molecule has 0 radical (unpaired) electrons. The first kappa shape index (κ1) is 15.2. The Hall–Kier alpha value is -0.840. The van der Waals surface area contributed by atoms with Crippen molar-refractivity contribution in [1.82, 2.24) is 9.97 Å². The molecule has 18 heavy (non-hydrogen) atoms. The zero-order chi connectivity index (χ0) is 13.2. The molecule has 0 spiro atoms. The highest BCUT2D eigenvalue weighted by Gasteiger charge is 2.02. The molecule has 2 N–H and O–H groups in total. The summed E-state index contributed by atoms with van der Waals surface area (Å²) in [5.41, 5.74) is 0. The van der Waals surface area contributed by atoms with Gasteiger partial charge in [0.25, 0.3) is 0 Å². The second-order valence-electron chi connectivity index (χ2n) is 4.33. The monoisotopic (exact) mass is 314 g/mol. The molecule has 1 heterocycles. The van der Waals surface area contributed by atoms with Crippen LogP contribution in [-0.2, 0) is 0 Å². The Kier molecular flexibility index (Phi) is 7.73. The van der Waals surface area contributed by atoms with E-state index in [0.29, 0.717) is 5.95 Å². The second kappa shape index (κ2) is 9.14. The van der Waals surface area contributed by atoms with Crippen molar-refractivity contribution >= 4 is 27.7 Å². The molecular weight excluding hydrogens is 292 g/mol. The van der Waals surface area contributed by atoms with Crippen LogP contribution < -0.4 is 10.6 Å². The summed E-state index contributed by atoms with van der Waals surface area (Å²) >= 11 is 3.45. The van der Waals surface area contributed by atoms with Crippen LogP contribution in [0, 0.1) is 0 Å². The van der Waals surface area contributed by atoms with E-state index < -0.39 is 0 Å². The van der Waals surface area contributed by atoms with Gasteiger partial charge >= 0.3 is 0 Å². The van der Waals surface area contributed by atoms with E-state index in [2.05, 4.69) is 43.5 Å². The van der Waals surface area contributed by atoms with Crippen LogP contribution in [0.4, 0.5) is 11.8 Å². The lowest BCUT2D eigenvalue weighted by Gasteiger charge is -2.08. The first-order valence-corrected chi connectivity index (χ1v) is 7.51. The van der Waals surface area contributed by atoms with Crippen LogP contribution in [-0.4, -0.2) is 23.6 Å². The molecule has 0 saturated heterocycles. The molecule has 1 aromatic heterocycles. The SMILES string of the molecule is CCCCCCCCNc1nc(NC)ncc1Br. The summed E-state index contributed by atoms with van der Waals surface area (Å²) in [5.74, 6) is 1.51. The molecule has 1 rings (SSSR count). The van der Waals surface area contributed by atoms with Gasteiger partial charge < -0.3 is 10.6 Å². The van der Waals surface area contributed by atoms with Crippen molar-refractivity contribution in [3.8, 4) is 0 Å². The zero-order valence-corrected chi connectivity index (χ0v) is 12.9. The number of hydrogen-bond acceptors (Lipinski definition) is 4. The molecule has 0 aliphatic heterocycles. The molecule has 0 fully saturated rings. The number of rotatable bonds is 9. The Morgan fingerprint density at radius 2 is 1.89 bits per heavy atom. The molecule has 0 bridgehead atoms. The smallest absolute Gasteiger partial charge is 0.224 e. The summed E-state index contributed by atoms with van der Waals surface area (Å²) in [6, 6.07) is 0. The summed E-state index contributed by atoms with van der Waals surface area (Å²) < 4.78 is 0.910. The van der Waals surface area contributed by atoms with Crippen LogP contribution in [0.3, 0.4) is 0 Å². The third-order valence-electron chi connectivity index (χ3n) is 2.79. The molecule has 4 nitrogen and oxygen atoms in total. The van der Waals surface area contributed by atoms with E-state index in [1.165, 1.54) is 38.5 Å². The van der Waals surface area contributed by atoms with Crippen molar-refractivity contribution in [3.63, 3.8) is 0 Å². The van der Waals surface area contributed by atoms with Crippen LogP contribution in [0.2, 0.25) is 0 Å². The van der Waals surface area contributed by atoms with Crippen molar-refractivity contribution in [1.29, 1.82) is 0 Å². The maximum absolute atomic E-state index is 4.36. The van der Waals surface area contributed by atoms with Gasteiger partial charge in [-0.3, -0.25) is 0 Å². The van der Waals surface area contributed by atoms with Gasteiger partial charge in [0.15, 0.2) is 0 Å². The first-order chi connectivity index (χ1) is 8.77. The average Bonchev–Trinajstić information content (AvgIpc) is 2.39. The fraction of sp³-hybridized carbons (Fsp3) is 0.692. The minimum atomic E-state index is 0.642. The first-order valence-electron chi connectivity index (χ1n) is 6.72. The van der Waals surface area contributed by atoms with Gasteiger partial charge in [0.1, 0.15) is 5.82 Å². The molecule has 102 valence electrons. The normalized spacial score (nSPS) is 10.4. The summed E-state index contributed by atoms with van der Waals surface area (Å²) in [4.78, 5) is 8.48. The van der Waals surface area contributed by atoms with E-state index in [1.54, 1.807) is 6.20 Å². The highest BCUT2D eigenvalue weighted by molar-refractivity contribution is 9.10. The molecule has 0 atom stereocenters. The van der Waals surface area contributed by atoms with Crippen molar-refractivity contribution in [2.24, 2.45) is 0 Å². The van der Waals surface area contributed by atoms with Gasteiger partial charge in [-0.2, -0.15) is 4.98 Å². The highest BCUT2D eigenvalue weighted by Crippen LogP contribution is 2.20. The topological polar surface area (TPSA) is 49.8 Å². The lowest BCUT2D eigenvalue weighted by Crippen LogP contribution is -2.06. The third-order valence-corrected chi connectivity index (χ3v) is 3.37. The summed E-state index contributed by atoms with van der Waals surface area (Å²) in [5, 5.41) is 6.28. The number of hydrogen-bond donors (Lipinski definition) is 2. The Labute approximate surface area is 118 Å². The van der Waals surface area contributed by atoms with Gasteiger partial charge in [-0.25, -0.2) is 4.98 Å². The van der Waals surface area contributed by atoms with E-state index in [0.717, 1.165) is 16.8 Å². The number of anilines is 2. The molecule has 0 unspecified atom stereocenters. The third kappa shape index (κ3) is 5.67. The maximum atomic E-state index is 4.36. The van der Waals surface area contributed by atoms with E-state index >= 15 is 0 Å². The number of unbranched alkanes of at least 4 members (excludes halogenated alkanes) is 5. The van der Waals surface area contributed by atoms with Gasteiger partial charge in [0.05, 0.1) is 4.47 Å². The van der Waals surface area contributed by atoms with Gasteiger partial charge in [-0.15, -0.1) is 0 Å². The minimum Gasteiger partial charge on any atom is -0.369 e. The van der Waals surface area contributed by atoms with E-state index in [1.807, 2.05) is 7.05 Å². The molecule has 0 aliphatic rings. The van der Waals surface area contributed by atoms with Gasteiger partial charge in [-0.05, 0) is 22.4 Å². The molecule has 0 saturated carbocycles. The van der Waals surface area contributed by atoms with Crippen molar-refractivity contribution in [2.45, 2.75) is 45.4 Å². The lowest BCUT2D eigenvalue weighted by molar-refractivity contribution is 0.616. The predicted molar refractivity (Wildman–Crippen MR) is 81.1 cm³/mol. The fourth-order valence-corrected chi connectivity index (χ4v) is 2.05. The van der Waals surface area contributed by atoms with Crippen LogP contribution in [0.5, 0.6) is 0 Å². The number of aromatic nitrogens is 2. The lowest BCUT2D eigenvalue weighted by atomic mass is 10.1. The Morgan fingerprint density at radius 1 is 1.17 bits per heavy atom. The number of nitrogens with zero attached hydrogens (tertiary/aromatic N) is 2. The average molecular weight is 315 g/mol. The fourth-order valence-electron chi connectivity index (χ4n) is 1.72. The number of halogens is 1. The standard InChI is InChI=1S/C13H23BrN4/c1-3-4-5-6-7-8-9-16-12-11(14)10-17-13(15-2)18-12/h10H,3-9H2,1-2H3,(H2,15,16,17,18). The quantitative estimate of drug-likeness (QED) is 0.675. The largest absolute Gasteiger partial charge is 0.369 e. The van der Waals surface area contributed by atoms with Gasteiger partial charge in [0.2, 0.25) is 5.95 Å². The Bertz CT molecular complexity index is 344. The van der Waals surface area contributed by atoms with E-state index in [4.69, 9.17) is 0 Å². The van der Waals surface area contributed by atoms with Crippen molar-refractivity contribution in [2.75, 3.05) is 24.2 Å². The molecule has 0 aromatic carbocycles. The van der Waals surface area contributed by atoms with E-state index in [-0.39, 0.29) is 0 Å². The Morgan fingerprint density at radius 3 is 2.61 bits per heavy atom. The predicted octanol–water partition coefficient (Wildman–Crippen LogP) is 4.05. The summed E-state index contributed by atoms with van der Waals surface area (Å²) in [7, 11) is 1.82. The Balaban J connectivity index is 2.22. The van der Waals surface area contributed by atoms with Gasteiger partial charge in [-0.1, -0.05) is 39.0 Å². The number of nitrogens with one attached hydrogen (secondary N) is 2. The van der Waals surface area contributed by atoms with Crippen LogP contribution in [0.15, 0.2) is 10.7 Å². The highest BCUT2D eigenvalue weighted by atomic mass is 79.9. The van der Waals surface area contributed by atoms with Crippen LogP contribution in [0.25, 0.3) is 0 Å². The van der Waals surface area contributed by atoms with Crippen LogP contribution in [0.1, 0.15) is 45.4 Å². The van der Waals surface area contributed by atoms with E-state index in [9.17, 15) is 0 Å². The molecular formula is C13H23BrN4. The molecule has 0 aliphatic carbocycles. The van der Waals surface area contributed by atoms with Crippen LogP contribution >= 0.6 is 15.9 Å². The molecule has 0 amide bonds. The molecule has 1 aromatic rings. The van der Waals surface area contributed by atoms with Crippen molar-refractivity contribution < 1.29 is 0 Å². The summed E-state index contributed by atoms with van der Waals surface area (Å²) in [6.07, 6.45) is 9.60. The van der Waals surface area contributed by atoms with Gasteiger partial charge in [0, 0.05) is 19.8 Å². The maximum Gasteiger partial charge on any atom is 0.224 e. The van der Waals surface area contributed by atoms with Crippen molar-refractivity contribution in [3.05, 3.63) is 10.7 Å². The minimum absolute atomic E-state index is 0.642. The zero-order valence-electron chi connectivity index (χ0n) is 11.3. The second-order valence-corrected chi connectivity index (χ2v) is 5.19.